The van der Waals surface area contributed by atoms with Crippen LogP contribution in [0.4, 0.5) is 30.4 Å². The van der Waals surface area contributed by atoms with Crippen molar-refractivity contribution in [2.24, 2.45) is 0 Å². The molecule has 2 aromatic carbocycles. The lowest BCUT2D eigenvalue weighted by atomic mass is 9.91. The Labute approximate surface area is 235 Å². The van der Waals surface area contributed by atoms with Gasteiger partial charge in [0.1, 0.15) is 11.6 Å². The number of aromatic amines is 1. The molecule has 1 aliphatic rings. The number of rotatable bonds is 8. The number of alkyl halides is 2. The molecule has 2 aromatic heterocycles. The number of nitrogens with one attached hydrogen (secondary N) is 4. The number of amides is 2. The molecule has 4 aromatic rings. The number of nitrogens with zero attached hydrogens (tertiary/aromatic N) is 1. The zero-order valence-corrected chi connectivity index (χ0v) is 22.8. The lowest BCUT2D eigenvalue weighted by Crippen LogP contribution is -2.49. The average Bonchev–Trinajstić information content (AvgIpc) is 3.26. The Balaban J connectivity index is 1.51. The first-order valence-corrected chi connectivity index (χ1v) is 13.2. The summed E-state index contributed by atoms with van der Waals surface area (Å²) in [4.78, 5) is 34.0. The molecule has 0 bridgehead atoms. The normalized spacial score (nSPS) is 14.8. The Morgan fingerprint density at radius 1 is 1.10 bits per heavy atom. The SMILES string of the molecule is Cc1ccccc1Nc1c(-c2ccnc(NC(=O)C(CC(F)F)c3ccc(F)cc3)c2)[nH]c2c1C(=O)NC(C)(C)C2. The number of benzene rings is 2. The molecule has 1 aliphatic heterocycles. The molecular formula is C31H30F3N5O2. The van der Waals surface area contributed by atoms with E-state index in [9.17, 15) is 22.8 Å². The van der Waals surface area contributed by atoms with Gasteiger partial charge in [0.05, 0.1) is 22.9 Å². The van der Waals surface area contributed by atoms with E-state index in [4.69, 9.17) is 0 Å². The van der Waals surface area contributed by atoms with Gasteiger partial charge in [0, 0.05) is 41.5 Å². The van der Waals surface area contributed by atoms with Gasteiger partial charge in [-0.05, 0) is 62.2 Å². The van der Waals surface area contributed by atoms with E-state index >= 15 is 0 Å². The molecule has 41 heavy (non-hydrogen) atoms. The topological polar surface area (TPSA) is 98.9 Å². The van der Waals surface area contributed by atoms with Gasteiger partial charge in [-0.3, -0.25) is 9.59 Å². The second-order valence-corrected chi connectivity index (χ2v) is 10.8. The van der Waals surface area contributed by atoms with E-state index in [1.54, 1.807) is 12.1 Å². The van der Waals surface area contributed by atoms with Gasteiger partial charge in [-0.15, -0.1) is 0 Å². The maximum Gasteiger partial charge on any atom is 0.255 e. The van der Waals surface area contributed by atoms with Crippen molar-refractivity contribution in [1.29, 1.82) is 0 Å². The lowest BCUT2D eigenvalue weighted by molar-refractivity contribution is -0.118. The molecule has 0 aliphatic carbocycles. The molecule has 0 spiro atoms. The van der Waals surface area contributed by atoms with Gasteiger partial charge < -0.3 is 20.9 Å². The van der Waals surface area contributed by atoms with Crippen molar-refractivity contribution in [3.05, 3.63) is 95.1 Å². The van der Waals surface area contributed by atoms with Crippen LogP contribution in [0.5, 0.6) is 0 Å². The largest absolute Gasteiger partial charge is 0.356 e. The second-order valence-electron chi connectivity index (χ2n) is 10.8. The number of carbonyl (C=O) groups excluding carboxylic acids is 2. The highest BCUT2D eigenvalue weighted by Gasteiger charge is 2.35. The van der Waals surface area contributed by atoms with Crippen LogP contribution in [0.1, 0.15) is 53.4 Å². The molecule has 10 heteroatoms. The van der Waals surface area contributed by atoms with Crippen LogP contribution in [0, 0.1) is 12.7 Å². The molecule has 0 radical (unpaired) electrons. The Morgan fingerprint density at radius 2 is 1.83 bits per heavy atom. The van der Waals surface area contributed by atoms with Crippen LogP contribution in [0.25, 0.3) is 11.3 Å². The molecule has 0 fully saturated rings. The van der Waals surface area contributed by atoms with Gasteiger partial charge in [-0.1, -0.05) is 30.3 Å². The third kappa shape index (κ3) is 6.11. The summed E-state index contributed by atoms with van der Waals surface area (Å²) in [5.74, 6) is -2.49. The Morgan fingerprint density at radius 3 is 2.54 bits per heavy atom. The monoisotopic (exact) mass is 561 g/mol. The van der Waals surface area contributed by atoms with E-state index in [0.717, 1.165) is 29.1 Å². The van der Waals surface area contributed by atoms with E-state index in [-0.39, 0.29) is 17.3 Å². The minimum absolute atomic E-state index is 0.146. The second kappa shape index (κ2) is 11.1. The smallest absolute Gasteiger partial charge is 0.255 e. The van der Waals surface area contributed by atoms with Crippen molar-refractivity contribution in [1.82, 2.24) is 15.3 Å². The molecule has 0 saturated carbocycles. The van der Waals surface area contributed by atoms with Gasteiger partial charge in [0.25, 0.3) is 5.91 Å². The predicted molar refractivity (Wildman–Crippen MR) is 152 cm³/mol. The Hall–Kier alpha value is -4.60. The zero-order chi connectivity index (χ0) is 29.3. The van der Waals surface area contributed by atoms with Crippen LogP contribution in [0.15, 0.2) is 66.9 Å². The van der Waals surface area contributed by atoms with E-state index in [1.165, 1.54) is 18.3 Å². The summed E-state index contributed by atoms with van der Waals surface area (Å²) in [7, 11) is 0. The number of carbonyl (C=O) groups is 2. The van der Waals surface area contributed by atoms with E-state index in [0.29, 0.717) is 28.9 Å². The highest BCUT2D eigenvalue weighted by molar-refractivity contribution is 6.07. The minimum atomic E-state index is -2.74. The number of aromatic nitrogens is 2. The number of hydrogen-bond donors (Lipinski definition) is 4. The Kier molecular flexibility index (Phi) is 7.57. The summed E-state index contributed by atoms with van der Waals surface area (Å²) in [6, 6.07) is 16.0. The number of halogens is 3. The number of para-hydroxylation sites is 1. The van der Waals surface area contributed by atoms with Crippen LogP contribution in [0.2, 0.25) is 0 Å². The van der Waals surface area contributed by atoms with E-state index in [1.807, 2.05) is 45.0 Å². The van der Waals surface area contributed by atoms with E-state index < -0.39 is 36.0 Å². The van der Waals surface area contributed by atoms with Crippen molar-refractivity contribution in [3.8, 4) is 11.3 Å². The summed E-state index contributed by atoms with van der Waals surface area (Å²) in [5, 5.41) is 9.11. The fourth-order valence-corrected chi connectivity index (χ4v) is 5.12. The van der Waals surface area contributed by atoms with Gasteiger partial charge in [0.2, 0.25) is 12.3 Å². The van der Waals surface area contributed by atoms with Crippen molar-refractivity contribution in [3.63, 3.8) is 0 Å². The van der Waals surface area contributed by atoms with Crippen molar-refractivity contribution in [2.45, 2.75) is 51.5 Å². The maximum absolute atomic E-state index is 13.4. The molecule has 0 saturated heterocycles. The number of aryl methyl sites for hydroxylation is 1. The number of hydrogen-bond acceptors (Lipinski definition) is 4. The first-order valence-electron chi connectivity index (χ1n) is 13.2. The molecule has 212 valence electrons. The number of H-pyrrole nitrogens is 1. The molecule has 1 atom stereocenters. The predicted octanol–water partition coefficient (Wildman–Crippen LogP) is 6.71. The number of pyridine rings is 1. The van der Waals surface area contributed by atoms with E-state index in [2.05, 4.69) is 25.9 Å². The third-order valence-corrected chi connectivity index (χ3v) is 7.08. The summed E-state index contributed by atoms with van der Waals surface area (Å²) in [6.45, 7) is 5.85. The third-order valence-electron chi connectivity index (χ3n) is 7.08. The molecular weight excluding hydrogens is 531 g/mol. The summed E-state index contributed by atoms with van der Waals surface area (Å²) >= 11 is 0. The molecule has 3 heterocycles. The molecule has 2 amide bonds. The number of anilines is 3. The minimum Gasteiger partial charge on any atom is -0.356 e. The van der Waals surface area contributed by atoms with Crippen molar-refractivity contribution in [2.75, 3.05) is 10.6 Å². The summed E-state index contributed by atoms with van der Waals surface area (Å²) < 4.78 is 40.2. The average molecular weight is 562 g/mol. The lowest BCUT2D eigenvalue weighted by Gasteiger charge is -2.30. The van der Waals surface area contributed by atoms with Gasteiger partial charge in [-0.2, -0.15) is 0 Å². The van der Waals surface area contributed by atoms with Gasteiger partial charge in [-0.25, -0.2) is 18.2 Å². The Bertz CT molecular complexity index is 1600. The molecule has 5 rings (SSSR count). The van der Waals surface area contributed by atoms with Crippen LogP contribution in [0.3, 0.4) is 0 Å². The van der Waals surface area contributed by atoms with Crippen molar-refractivity contribution < 1.29 is 22.8 Å². The molecule has 7 nitrogen and oxygen atoms in total. The van der Waals surface area contributed by atoms with Gasteiger partial charge >= 0.3 is 0 Å². The van der Waals surface area contributed by atoms with Crippen molar-refractivity contribution >= 4 is 29.0 Å². The highest BCUT2D eigenvalue weighted by Crippen LogP contribution is 2.39. The quantitative estimate of drug-likeness (QED) is 0.192. The first-order chi connectivity index (χ1) is 19.5. The highest BCUT2D eigenvalue weighted by atomic mass is 19.3. The van der Waals surface area contributed by atoms with Crippen LogP contribution in [-0.4, -0.2) is 33.7 Å². The summed E-state index contributed by atoms with van der Waals surface area (Å²) in [6.07, 6.45) is -1.41. The zero-order valence-electron chi connectivity index (χ0n) is 22.8. The van der Waals surface area contributed by atoms with Crippen LogP contribution < -0.4 is 16.0 Å². The first kappa shape index (κ1) is 27.9. The van der Waals surface area contributed by atoms with Crippen LogP contribution >= 0.6 is 0 Å². The fraction of sp³-hybridized carbons (Fsp3) is 0.258. The standard InChI is InChI=1S/C31H30F3N5O2/c1-17-6-4-5-7-22(17)36-28-26-23(16-31(2,3)39-30(26)41)37-27(28)19-12-13-35-25(14-19)38-29(40)21(15-24(33)34)18-8-10-20(32)11-9-18/h4-14,21,24,36-37H,15-16H2,1-3H3,(H,39,41)(H,35,38,40). The molecule has 4 N–H and O–H groups in total. The fourth-order valence-electron chi connectivity index (χ4n) is 5.12. The maximum atomic E-state index is 13.4. The summed E-state index contributed by atoms with van der Waals surface area (Å²) in [5.41, 5.74) is 4.71. The molecule has 1 unspecified atom stereocenters. The van der Waals surface area contributed by atoms with Gasteiger partial charge in [0.15, 0.2) is 0 Å². The van der Waals surface area contributed by atoms with Crippen LogP contribution in [-0.2, 0) is 11.2 Å². The number of fused-ring (bicyclic) bond motifs is 1.